The summed E-state index contributed by atoms with van der Waals surface area (Å²) in [6.07, 6.45) is 6.90. The number of carbonyl (C=O) groups is 2. The summed E-state index contributed by atoms with van der Waals surface area (Å²) in [5.41, 5.74) is 1.81. The molecule has 104 valence electrons. The Bertz CT molecular complexity index is 555. The van der Waals surface area contributed by atoms with Crippen molar-refractivity contribution in [2.75, 3.05) is 0 Å². The van der Waals surface area contributed by atoms with Crippen LogP contribution in [0, 0.1) is 6.92 Å². The quantitative estimate of drug-likeness (QED) is 0.812. The Hall–Kier alpha value is -2.70. The van der Waals surface area contributed by atoms with Crippen LogP contribution in [0.2, 0.25) is 0 Å². The number of carboxylic acid groups (broad SMARTS) is 1. The summed E-state index contributed by atoms with van der Waals surface area (Å²) in [6, 6.07) is 1.82. The van der Waals surface area contributed by atoms with Gasteiger partial charge < -0.3 is 9.90 Å². The lowest BCUT2D eigenvalue weighted by atomic mass is 10.3. The van der Waals surface area contributed by atoms with E-state index >= 15 is 0 Å². The van der Waals surface area contributed by atoms with Crippen molar-refractivity contribution in [1.82, 2.24) is 15.1 Å². The van der Waals surface area contributed by atoms with Crippen molar-refractivity contribution in [3.63, 3.8) is 0 Å². The standard InChI is InChI=1S/C12H12N4O2.CH2O/c1-9-6-13-12(14-7-9)10-2-4-16(15-8-10)5-3-11(17)18;1-2/h2,4,6-8H,3,5H2,1H3;1H2/p+1. The molecule has 0 aromatic carbocycles. The lowest BCUT2D eigenvalue weighted by Gasteiger charge is -1.98. The molecular weight excluding hydrogens is 260 g/mol. The summed E-state index contributed by atoms with van der Waals surface area (Å²) in [5, 5.41) is 12.7. The van der Waals surface area contributed by atoms with Crippen LogP contribution >= 0.6 is 0 Å². The van der Waals surface area contributed by atoms with Gasteiger partial charge in [0, 0.05) is 24.0 Å². The zero-order valence-corrected chi connectivity index (χ0v) is 11.1. The number of carboxylic acids is 1. The van der Waals surface area contributed by atoms with E-state index in [0.29, 0.717) is 12.4 Å². The minimum Gasteiger partial charge on any atom is -0.481 e. The van der Waals surface area contributed by atoms with Crippen LogP contribution in [0.25, 0.3) is 11.4 Å². The van der Waals surface area contributed by atoms with Gasteiger partial charge in [0.2, 0.25) is 0 Å². The number of aliphatic carboxylic acids is 1. The summed E-state index contributed by atoms with van der Waals surface area (Å²) < 4.78 is 1.58. The van der Waals surface area contributed by atoms with Gasteiger partial charge >= 0.3 is 5.97 Å². The van der Waals surface area contributed by atoms with E-state index < -0.39 is 5.97 Å². The molecule has 0 saturated heterocycles. The molecule has 20 heavy (non-hydrogen) atoms. The predicted molar refractivity (Wildman–Crippen MR) is 69.6 cm³/mol. The van der Waals surface area contributed by atoms with E-state index in [1.807, 2.05) is 19.8 Å². The van der Waals surface area contributed by atoms with Crippen molar-refractivity contribution in [1.29, 1.82) is 0 Å². The predicted octanol–water partition coefficient (Wildman–Crippen LogP) is 0.424. The molecular formula is C13H15N4O3+. The van der Waals surface area contributed by atoms with E-state index in [2.05, 4.69) is 15.1 Å². The lowest BCUT2D eigenvalue weighted by molar-refractivity contribution is -0.752. The maximum absolute atomic E-state index is 10.4. The summed E-state index contributed by atoms with van der Waals surface area (Å²) in [4.78, 5) is 26.8. The van der Waals surface area contributed by atoms with Crippen LogP contribution in [0.5, 0.6) is 0 Å². The second-order valence-corrected chi connectivity index (χ2v) is 3.91. The van der Waals surface area contributed by atoms with Crippen LogP contribution in [0.4, 0.5) is 0 Å². The molecule has 0 aliphatic rings. The molecule has 0 atom stereocenters. The molecule has 2 aromatic heterocycles. The van der Waals surface area contributed by atoms with Gasteiger partial charge in [0.15, 0.2) is 18.6 Å². The fourth-order valence-corrected chi connectivity index (χ4v) is 1.40. The molecule has 0 bridgehead atoms. The maximum Gasteiger partial charge on any atom is 0.309 e. The minimum atomic E-state index is -0.838. The number of nitrogens with zero attached hydrogens (tertiary/aromatic N) is 4. The normalized spacial score (nSPS) is 9.45. The molecule has 2 heterocycles. The molecule has 0 fully saturated rings. The lowest BCUT2D eigenvalue weighted by Crippen LogP contribution is -2.38. The van der Waals surface area contributed by atoms with Gasteiger partial charge in [-0.3, -0.25) is 4.79 Å². The first-order chi connectivity index (χ1) is 9.65. The van der Waals surface area contributed by atoms with Crippen molar-refractivity contribution >= 4 is 12.8 Å². The number of aromatic nitrogens is 4. The van der Waals surface area contributed by atoms with E-state index in [1.165, 1.54) is 0 Å². The number of hydrogen-bond acceptors (Lipinski definition) is 5. The Morgan fingerprint density at radius 2 is 1.95 bits per heavy atom. The van der Waals surface area contributed by atoms with E-state index in [0.717, 1.165) is 11.1 Å². The van der Waals surface area contributed by atoms with Gasteiger partial charge in [0.25, 0.3) is 0 Å². The zero-order chi connectivity index (χ0) is 15.0. The molecule has 7 nitrogen and oxygen atoms in total. The summed E-state index contributed by atoms with van der Waals surface area (Å²) in [5.74, 6) is -0.228. The second kappa shape index (κ2) is 7.67. The second-order valence-electron chi connectivity index (χ2n) is 3.91. The van der Waals surface area contributed by atoms with Gasteiger partial charge in [0.05, 0.1) is 0 Å². The minimum absolute atomic E-state index is 0.0536. The van der Waals surface area contributed by atoms with Crippen LogP contribution in [-0.2, 0) is 16.1 Å². The van der Waals surface area contributed by atoms with Crippen LogP contribution in [0.15, 0.2) is 30.9 Å². The van der Waals surface area contributed by atoms with Crippen molar-refractivity contribution < 1.29 is 19.4 Å². The van der Waals surface area contributed by atoms with Gasteiger partial charge in [-0.05, 0) is 17.6 Å². The Morgan fingerprint density at radius 3 is 2.45 bits per heavy atom. The maximum atomic E-state index is 10.4. The highest BCUT2D eigenvalue weighted by Gasteiger charge is 2.08. The summed E-state index contributed by atoms with van der Waals surface area (Å²) in [7, 11) is 0. The molecule has 1 N–H and O–H groups in total. The third kappa shape index (κ3) is 4.52. The van der Waals surface area contributed by atoms with Gasteiger partial charge in [-0.2, -0.15) is 0 Å². The smallest absolute Gasteiger partial charge is 0.309 e. The summed E-state index contributed by atoms with van der Waals surface area (Å²) in [6.45, 7) is 4.28. The Morgan fingerprint density at radius 1 is 1.30 bits per heavy atom. The Kier molecular flexibility index (Phi) is 5.89. The monoisotopic (exact) mass is 275 g/mol. The van der Waals surface area contributed by atoms with Crippen molar-refractivity contribution in [3.8, 4) is 11.4 Å². The first-order valence-electron chi connectivity index (χ1n) is 5.80. The van der Waals surface area contributed by atoms with Gasteiger partial charge in [-0.15, -0.1) is 0 Å². The highest BCUT2D eigenvalue weighted by atomic mass is 16.4. The molecule has 0 aliphatic heterocycles. The third-order valence-electron chi connectivity index (χ3n) is 2.37. The Labute approximate surface area is 115 Å². The molecule has 2 rings (SSSR count). The molecule has 0 aliphatic carbocycles. The van der Waals surface area contributed by atoms with Gasteiger partial charge in [-0.1, -0.05) is 4.68 Å². The van der Waals surface area contributed by atoms with Crippen LogP contribution < -0.4 is 4.68 Å². The number of aryl methyl sites for hydroxylation is 2. The first kappa shape index (κ1) is 15.4. The SMILES string of the molecule is C=O.Cc1cnc(-c2cc[n+](CCC(=O)O)nc2)nc1. The molecule has 2 aromatic rings. The highest BCUT2D eigenvalue weighted by Crippen LogP contribution is 2.10. The number of hydrogen-bond donors (Lipinski definition) is 1. The van der Waals surface area contributed by atoms with Gasteiger partial charge in [0.1, 0.15) is 19.4 Å². The average Bonchev–Trinajstić information content (AvgIpc) is 2.49. The summed E-state index contributed by atoms with van der Waals surface area (Å²) >= 11 is 0. The molecule has 0 radical (unpaired) electrons. The van der Waals surface area contributed by atoms with Crippen molar-refractivity contribution in [3.05, 3.63) is 36.4 Å². The average molecular weight is 275 g/mol. The van der Waals surface area contributed by atoms with Crippen LogP contribution in [0.1, 0.15) is 12.0 Å². The van der Waals surface area contributed by atoms with Crippen LogP contribution in [0.3, 0.4) is 0 Å². The van der Waals surface area contributed by atoms with Crippen molar-refractivity contribution in [2.24, 2.45) is 0 Å². The van der Waals surface area contributed by atoms with Crippen LogP contribution in [-0.4, -0.2) is 32.9 Å². The molecule has 0 unspecified atom stereocenters. The largest absolute Gasteiger partial charge is 0.481 e. The third-order valence-corrected chi connectivity index (χ3v) is 2.37. The van der Waals surface area contributed by atoms with E-state index in [4.69, 9.17) is 9.90 Å². The molecule has 7 heteroatoms. The van der Waals surface area contributed by atoms with E-state index in [9.17, 15) is 4.79 Å². The molecule has 0 spiro atoms. The zero-order valence-electron chi connectivity index (χ0n) is 11.1. The molecule has 0 amide bonds. The van der Waals surface area contributed by atoms with Gasteiger partial charge in [-0.25, -0.2) is 9.97 Å². The fourth-order valence-electron chi connectivity index (χ4n) is 1.40. The highest BCUT2D eigenvalue weighted by molar-refractivity contribution is 5.66. The topological polar surface area (TPSA) is 96.9 Å². The fraction of sp³-hybridized carbons (Fsp3) is 0.231. The molecule has 0 saturated carbocycles. The number of rotatable bonds is 4. The number of carbonyl (C=O) groups excluding carboxylic acids is 1. The van der Waals surface area contributed by atoms with Crippen molar-refractivity contribution in [2.45, 2.75) is 19.9 Å². The van der Waals surface area contributed by atoms with E-state index in [-0.39, 0.29) is 6.42 Å². The first-order valence-corrected chi connectivity index (χ1v) is 5.80. The Balaban J connectivity index is 0.000000956. The van der Waals surface area contributed by atoms with E-state index in [1.54, 1.807) is 29.5 Å².